The number of carbonyl (C=O) groups excluding carboxylic acids is 1. The molecular weight excluding hydrogens is 238 g/mol. The van der Waals surface area contributed by atoms with Crippen LogP contribution in [0.5, 0.6) is 0 Å². The zero-order chi connectivity index (χ0) is 14.4. The highest BCUT2D eigenvalue weighted by molar-refractivity contribution is 5.71. The Labute approximate surface area is 118 Å². The van der Waals surface area contributed by atoms with Crippen LogP contribution in [0.3, 0.4) is 0 Å². The quantitative estimate of drug-likeness (QED) is 0.547. The summed E-state index contributed by atoms with van der Waals surface area (Å²) in [7, 11) is 0. The minimum Gasteiger partial charge on any atom is -0.464 e. The summed E-state index contributed by atoms with van der Waals surface area (Å²) in [5.74, 6) is 1.48. The van der Waals surface area contributed by atoms with Crippen LogP contribution in [0.15, 0.2) is 11.6 Å². The van der Waals surface area contributed by atoms with E-state index in [9.17, 15) is 4.79 Å². The van der Waals surface area contributed by atoms with Gasteiger partial charge in [-0.15, -0.1) is 0 Å². The molecule has 110 valence electrons. The van der Waals surface area contributed by atoms with Crippen LogP contribution in [-0.4, -0.2) is 37.1 Å². The Morgan fingerprint density at radius 3 is 2.53 bits per heavy atom. The number of nitrogens with zero attached hydrogens (tertiary/aromatic N) is 1. The molecule has 0 unspecified atom stereocenters. The molecule has 3 heteroatoms. The fourth-order valence-corrected chi connectivity index (χ4v) is 3.00. The molecule has 0 saturated heterocycles. The van der Waals surface area contributed by atoms with Crippen molar-refractivity contribution in [1.29, 1.82) is 0 Å². The monoisotopic (exact) mass is 267 g/mol. The van der Waals surface area contributed by atoms with Gasteiger partial charge in [0.2, 0.25) is 0 Å². The van der Waals surface area contributed by atoms with Gasteiger partial charge in [0.25, 0.3) is 0 Å². The molecule has 0 heterocycles. The number of allylic oxidation sites excluding steroid dienone is 2. The van der Waals surface area contributed by atoms with Crippen LogP contribution in [-0.2, 0) is 9.53 Å². The summed E-state index contributed by atoms with van der Waals surface area (Å²) < 4.78 is 5.48. The molecule has 0 spiro atoms. The second-order valence-corrected chi connectivity index (χ2v) is 5.86. The van der Waals surface area contributed by atoms with Gasteiger partial charge in [-0.2, -0.15) is 0 Å². The van der Waals surface area contributed by atoms with E-state index in [4.69, 9.17) is 4.74 Å². The lowest BCUT2D eigenvalue weighted by molar-refractivity contribution is -0.147. The third-order valence-electron chi connectivity index (χ3n) is 4.28. The lowest BCUT2D eigenvalue weighted by Gasteiger charge is -2.32. The summed E-state index contributed by atoms with van der Waals surface area (Å²) in [5, 5.41) is 0. The lowest BCUT2D eigenvalue weighted by atomic mass is 9.75. The molecule has 0 aromatic carbocycles. The van der Waals surface area contributed by atoms with E-state index in [1.807, 2.05) is 0 Å². The molecule has 1 aliphatic carbocycles. The third-order valence-corrected chi connectivity index (χ3v) is 4.28. The molecular formula is C16H29NO2. The predicted octanol–water partition coefficient (Wildman–Crippen LogP) is 3.11. The number of hydrogen-bond acceptors (Lipinski definition) is 3. The summed E-state index contributed by atoms with van der Waals surface area (Å²) in [6.07, 6.45) is 3.45. The molecule has 3 nitrogen and oxygen atoms in total. The van der Waals surface area contributed by atoms with Crippen LogP contribution in [0.25, 0.3) is 0 Å². The number of hydrogen-bond donors (Lipinski definition) is 0. The maximum absolute atomic E-state index is 11.8. The van der Waals surface area contributed by atoms with E-state index in [0.717, 1.165) is 19.5 Å². The first kappa shape index (κ1) is 16.2. The minimum atomic E-state index is -0.0885. The maximum atomic E-state index is 11.8. The van der Waals surface area contributed by atoms with Crippen LogP contribution in [0, 0.1) is 17.8 Å². The second-order valence-electron chi connectivity index (χ2n) is 5.86. The molecule has 0 aromatic heterocycles. The molecule has 0 aliphatic heterocycles. The molecule has 0 bridgehead atoms. The number of rotatable bonds is 6. The molecule has 0 aromatic rings. The Bertz CT molecular complexity index is 321. The highest BCUT2D eigenvalue weighted by Crippen LogP contribution is 2.33. The van der Waals surface area contributed by atoms with Crippen molar-refractivity contribution >= 4 is 5.97 Å². The average Bonchev–Trinajstić information content (AvgIpc) is 2.34. The summed E-state index contributed by atoms with van der Waals surface area (Å²) >= 11 is 0. The van der Waals surface area contributed by atoms with Gasteiger partial charge < -0.3 is 4.74 Å². The minimum absolute atomic E-state index is 0.0885. The van der Waals surface area contributed by atoms with Crippen molar-refractivity contribution < 1.29 is 9.53 Å². The van der Waals surface area contributed by atoms with E-state index in [0.29, 0.717) is 30.9 Å². The van der Waals surface area contributed by atoms with Crippen LogP contribution < -0.4 is 0 Å². The van der Waals surface area contributed by atoms with Gasteiger partial charge in [-0.1, -0.05) is 39.3 Å². The van der Waals surface area contributed by atoms with Gasteiger partial charge in [-0.25, -0.2) is 0 Å². The topological polar surface area (TPSA) is 29.5 Å². The Hall–Kier alpha value is -0.830. The van der Waals surface area contributed by atoms with Crippen LogP contribution in [0.1, 0.15) is 41.0 Å². The van der Waals surface area contributed by atoms with Crippen molar-refractivity contribution in [3.05, 3.63) is 11.6 Å². The van der Waals surface area contributed by atoms with E-state index < -0.39 is 0 Å². The van der Waals surface area contributed by atoms with Gasteiger partial charge in [0.05, 0.1) is 13.2 Å². The molecule has 0 radical (unpaired) electrons. The van der Waals surface area contributed by atoms with E-state index in [1.54, 1.807) is 0 Å². The van der Waals surface area contributed by atoms with Gasteiger partial charge in [-0.05, 0) is 38.3 Å². The Kier molecular flexibility index (Phi) is 6.56. The maximum Gasteiger partial charge on any atom is 0.320 e. The van der Waals surface area contributed by atoms with Gasteiger partial charge in [0.1, 0.15) is 0 Å². The van der Waals surface area contributed by atoms with Crippen molar-refractivity contribution in [3.8, 4) is 0 Å². The number of likely N-dealkylation sites (N-methyl/N-ethyl adjacent to an activating group) is 1. The molecule has 0 fully saturated rings. The molecule has 0 amide bonds. The van der Waals surface area contributed by atoms with E-state index in [1.165, 1.54) is 5.57 Å². The molecule has 0 N–H and O–H groups in total. The van der Waals surface area contributed by atoms with Gasteiger partial charge in [0, 0.05) is 5.92 Å². The fraction of sp³-hybridized carbons (Fsp3) is 0.812. The van der Waals surface area contributed by atoms with Gasteiger partial charge in [0.15, 0.2) is 0 Å². The van der Waals surface area contributed by atoms with Crippen molar-refractivity contribution in [3.63, 3.8) is 0 Å². The van der Waals surface area contributed by atoms with Crippen molar-refractivity contribution in [2.75, 3.05) is 26.2 Å². The summed E-state index contributed by atoms with van der Waals surface area (Å²) in [5.41, 5.74) is 1.46. The predicted molar refractivity (Wildman–Crippen MR) is 78.9 cm³/mol. The average molecular weight is 267 g/mol. The second kappa shape index (κ2) is 7.68. The molecule has 1 aliphatic rings. The van der Waals surface area contributed by atoms with E-state index in [2.05, 4.69) is 45.6 Å². The smallest absolute Gasteiger partial charge is 0.320 e. The zero-order valence-electron chi connectivity index (χ0n) is 13.1. The third kappa shape index (κ3) is 4.98. The normalized spacial score (nSPS) is 27.3. The van der Waals surface area contributed by atoms with E-state index >= 15 is 0 Å². The summed E-state index contributed by atoms with van der Waals surface area (Å²) in [6.45, 7) is 13.6. The van der Waals surface area contributed by atoms with Crippen LogP contribution in [0.4, 0.5) is 0 Å². The van der Waals surface area contributed by atoms with Gasteiger partial charge in [-0.3, -0.25) is 9.69 Å². The van der Waals surface area contributed by atoms with Crippen molar-refractivity contribution in [2.45, 2.75) is 41.0 Å². The molecule has 19 heavy (non-hydrogen) atoms. The first-order valence-corrected chi connectivity index (χ1v) is 7.53. The van der Waals surface area contributed by atoms with Crippen molar-refractivity contribution in [2.24, 2.45) is 17.8 Å². The van der Waals surface area contributed by atoms with Gasteiger partial charge >= 0.3 is 5.97 Å². The molecule has 0 saturated carbocycles. The highest BCUT2D eigenvalue weighted by Gasteiger charge is 2.27. The Morgan fingerprint density at radius 1 is 1.37 bits per heavy atom. The van der Waals surface area contributed by atoms with Crippen molar-refractivity contribution in [1.82, 2.24) is 4.90 Å². The first-order valence-electron chi connectivity index (χ1n) is 7.53. The number of ether oxygens (including phenoxy) is 1. The summed E-state index contributed by atoms with van der Waals surface area (Å²) in [4.78, 5) is 13.9. The van der Waals surface area contributed by atoms with Crippen LogP contribution in [0.2, 0.25) is 0 Å². The SMILES string of the molecule is CCN(CC)CC(=O)OC[C@H]1[C@@H](C)C=C(C)C[C@@H]1C. The standard InChI is InChI=1S/C16H29NO2/c1-6-17(7-2)10-16(18)19-11-15-13(4)8-12(3)9-14(15)5/h8,13-15H,6-7,9-11H2,1-5H3/t13-,14-,15-/m0/s1. The largest absolute Gasteiger partial charge is 0.464 e. The van der Waals surface area contributed by atoms with E-state index in [-0.39, 0.29) is 5.97 Å². The highest BCUT2D eigenvalue weighted by atomic mass is 16.5. The number of esters is 1. The lowest BCUT2D eigenvalue weighted by Crippen LogP contribution is -2.33. The Morgan fingerprint density at radius 2 is 2.00 bits per heavy atom. The van der Waals surface area contributed by atoms with Crippen LogP contribution >= 0.6 is 0 Å². The fourth-order valence-electron chi connectivity index (χ4n) is 3.00. The first-order chi connectivity index (χ1) is 8.97. The Balaban J connectivity index is 2.41. The number of carbonyl (C=O) groups is 1. The zero-order valence-corrected chi connectivity index (χ0v) is 13.1. The summed E-state index contributed by atoms with van der Waals surface area (Å²) in [6, 6.07) is 0. The molecule has 1 rings (SSSR count). The molecule has 3 atom stereocenters.